The first-order chi connectivity index (χ1) is 14.3. The maximum Gasteiger partial charge on any atom is 0.304 e. The summed E-state index contributed by atoms with van der Waals surface area (Å²) in [7, 11) is 0. The van der Waals surface area contributed by atoms with Crippen LogP contribution >= 0.6 is 0 Å². The predicted molar refractivity (Wildman–Crippen MR) is 102 cm³/mol. The molecule has 0 aliphatic carbocycles. The van der Waals surface area contributed by atoms with E-state index in [9.17, 15) is 28.8 Å². The third-order valence-electron chi connectivity index (χ3n) is 3.68. The van der Waals surface area contributed by atoms with Crippen LogP contribution in [-0.2, 0) is 52.5 Å². The summed E-state index contributed by atoms with van der Waals surface area (Å²) in [5.74, 6) is -4.65. The van der Waals surface area contributed by atoms with E-state index in [2.05, 4.69) is 0 Å². The highest BCUT2D eigenvalue weighted by Gasteiger charge is 2.46. The Kier molecular flexibility index (Phi) is 11.8. The van der Waals surface area contributed by atoms with Gasteiger partial charge in [0.05, 0.1) is 0 Å². The molecule has 0 aromatic heterocycles. The smallest absolute Gasteiger partial charge is 0.304 e. The van der Waals surface area contributed by atoms with E-state index in [0.717, 1.165) is 39.5 Å². The molecule has 0 aliphatic heterocycles. The van der Waals surface area contributed by atoms with Crippen molar-refractivity contribution in [3.8, 4) is 0 Å². The number of likely N-dealkylation sites (N-methyl/N-ethyl adjacent to an activating group) is 1. The Balaban J connectivity index is 6.54. The van der Waals surface area contributed by atoms with Gasteiger partial charge in [-0.25, -0.2) is 0 Å². The average molecular weight is 447 g/mol. The number of carbonyl (C=O) groups is 6. The van der Waals surface area contributed by atoms with Crippen molar-refractivity contribution in [2.45, 2.75) is 73.0 Å². The fourth-order valence-corrected chi connectivity index (χ4v) is 2.69. The van der Waals surface area contributed by atoms with Crippen LogP contribution in [0.2, 0.25) is 0 Å². The summed E-state index contributed by atoms with van der Waals surface area (Å²) in [6.07, 6.45) is -6.20. The third kappa shape index (κ3) is 10.4. The maximum absolute atomic E-state index is 12.1. The van der Waals surface area contributed by atoms with E-state index in [0.29, 0.717) is 0 Å². The topological polar surface area (TPSA) is 152 Å². The zero-order valence-electron chi connectivity index (χ0n) is 18.7. The average Bonchev–Trinajstić information content (AvgIpc) is 2.60. The van der Waals surface area contributed by atoms with Crippen LogP contribution in [0.3, 0.4) is 0 Å². The maximum atomic E-state index is 12.1. The molecule has 0 heterocycles. The number of hydrogen-bond acceptors (Lipinski definition) is 11. The molecule has 0 N–H and O–H groups in total. The Labute approximate surface area is 180 Å². The number of rotatable bonds is 11. The lowest BCUT2D eigenvalue weighted by Crippen LogP contribution is -2.59. The lowest BCUT2D eigenvalue weighted by molar-refractivity contribution is -0.217. The highest BCUT2D eigenvalue weighted by Crippen LogP contribution is 2.22. The first kappa shape index (κ1) is 27.8. The second-order valence-corrected chi connectivity index (χ2v) is 6.40. The molecule has 0 bridgehead atoms. The van der Waals surface area contributed by atoms with Gasteiger partial charge < -0.3 is 28.6 Å². The summed E-state index contributed by atoms with van der Waals surface area (Å²) in [5.41, 5.74) is 0. The van der Waals surface area contributed by atoms with Crippen molar-refractivity contribution in [2.75, 3.05) is 13.2 Å². The van der Waals surface area contributed by atoms with Crippen LogP contribution in [0.15, 0.2) is 0 Å². The van der Waals surface area contributed by atoms with Crippen molar-refractivity contribution >= 4 is 35.8 Å². The van der Waals surface area contributed by atoms with Crippen LogP contribution in [-0.4, -0.2) is 78.3 Å². The SMILES string of the molecule is CCN(C(C)=O)[C@H](OC(C)=O)[C@H](OC(C)=O)[C@@H](OC(C)=O)[C@@H](COC(C)=O)OC(C)=O. The van der Waals surface area contributed by atoms with Gasteiger partial charge in [-0.05, 0) is 6.92 Å². The van der Waals surface area contributed by atoms with E-state index < -0.39 is 66.9 Å². The molecule has 0 spiro atoms. The summed E-state index contributed by atoms with van der Waals surface area (Å²) in [4.78, 5) is 71.4. The Bertz CT molecular complexity index is 690. The molecule has 31 heavy (non-hydrogen) atoms. The second kappa shape index (κ2) is 13.2. The number of nitrogens with zero attached hydrogens (tertiary/aromatic N) is 1. The molecular formula is C19H29NO11. The van der Waals surface area contributed by atoms with E-state index >= 15 is 0 Å². The molecule has 0 radical (unpaired) electrons. The summed E-state index contributed by atoms with van der Waals surface area (Å²) >= 11 is 0. The largest absolute Gasteiger partial charge is 0.462 e. The van der Waals surface area contributed by atoms with Crippen LogP contribution < -0.4 is 0 Å². The highest BCUT2D eigenvalue weighted by molar-refractivity contribution is 5.74. The molecule has 0 aliphatic rings. The number of hydrogen-bond donors (Lipinski definition) is 0. The first-order valence-electron chi connectivity index (χ1n) is 9.39. The van der Waals surface area contributed by atoms with Gasteiger partial charge >= 0.3 is 29.8 Å². The molecule has 1 amide bonds. The summed E-state index contributed by atoms with van der Waals surface area (Å²) in [5, 5.41) is 0. The molecule has 0 saturated heterocycles. The molecular weight excluding hydrogens is 418 g/mol. The van der Waals surface area contributed by atoms with Gasteiger partial charge in [0.15, 0.2) is 18.3 Å². The van der Waals surface area contributed by atoms with E-state index in [1.165, 1.54) is 6.92 Å². The molecule has 0 saturated carbocycles. The van der Waals surface area contributed by atoms with Crippen LogP contribution in [0.1, 0.15) is 48.5 Å². The Morgan fingerprint density at radius 3 is 1.45 bits per heavy atom. The van der Waals surface area contributed by atoms with Crippen molar-refractivity contribution in [1.82, 2.24) is 4.90 Å². The third-order valence-corrected chi connectivity index (χ3v) is 3.68. The minimum absolute atomic E-state index is 0.0278. The van der Waals surface area contributed by atoms with Gasteiger partial charge in [-0.15, -0.1) is 0 Å². The standard InChI is InChI=1S/C19H29NO11/c1-8-20(10(2)21)19(31-15(7)26)18(30-14(6)25)17(29-13(5)24)16(28-12(4)23)9-27-11(3)22/h16-19H,8-9H2,1-7H3/t16-,17+,18-,19-/m1/s1. The van der Waals surface area contributed by atoms with Crippen molar-refractivity contribution in [3.05, 3.63) is 0 Å². The monoisotopic (exact) mass is 447 g/mol. The fourth-order valence-electron chi connectivity index (χ4n) is 2.69. The van der Waals surface area contributed by atoms with Crippen LogP contribution in [0.4, 0.5) is 0 Å². The minimum atomic E-state index is -1.62. The van der Waals surface area contributed by atoms with Crippen molar-refractivity contribution in [2.24, 2.45) is 0 Å². The number of amides is 1. The normalized spacial score (nSPS) is 14.2. The second-order valence-electron chi connectivity index (χ2n) is 6.40. The summed E-state index contributed by atoms with van der Waals surface area (Å²) < 4.78 is 25.7. The van der Waals surface area contributed by atoms with Gasteiger partial charge in [-0.1, -0.05) is 0 Å². The number of esters is 5. The lowest BCUT2D eigenvalue weighted by Gasteiger charge is -2.39. The Morgan fingerprint density at radius 1 is 0.645 bits per heavy atom. The summed E-state index contributed by atoms with van der Waals surface area (Å²) in [6.45, 7) is 7.53. The van der Waals surface area contributed by atoms with E-state index in [4.69, 9.17) is 23.7 Å². The highest BCUT2D eigenvalue weighted by atomic mass is 16.6. The molecule has 0 aromatic carbocycles. The van der Waals surface area contributed by atoms with Crippen LogP contribution in [0, 0.1) is 0 Å². The van der Waals surface area contributed by atoms with Gasteiger partial charge in [0.1, 0.15) is 6.61 Å². The van der Waals surface area contributed by atoms with Gasteiger partial charge in [0.2, 0.25) is 12.1 Å². The molecule has 0 aromatic rings. The quantitative estimate of drug-likeness (QED) is 0.241. The molecule has 4 atom stereocenters. The van der Waals surface area contributed by atoms with E-state index in [1.54, 1.807) is 6.92 Å². The first-order valence-corrected chi connectivity index (χ1v) is 9.39. The Hall–Kier alpha value is -3.18. The molecule has 0 rings (SSSR count). The zero-order valence-corrected chi connectivity index (χ0v) is 18.7. The van der Waals surface area contributed by atoms with Gasteiger partial charge in [-0.2, -0.15) is 0 Å². The van der Waals surface area contributed by atoms with Crippen molar-refractivity contribution in [1.29, 1.82) is 0 Å². The number of ether oxygens (including phenoxy) is 5. The number of carbonyl (C=O) groups excluding carboxylic acids is 6. The predicted octanol–water partition coefficient (Wildman–Crippen LogP) is 0.102. The van der Waals surface area contributed by atoms with Crippen molar-refractivity contribution < 1.29 is 52.5 Å². The minimum Gasteiger partial charge on any atom is -0.462 e. The molecule has 176 valence electrons. The molecule has 12 nitrogen and oxygen atoms in total. The van der Waals surface area contributed by atoms with Gasteiger partial charge in [0.25, 0.3) is 0 Å². The lowest BCUT2D eigenvalue weighted by atomic mass is 10.0. The molecule has 12 heteroatoms. The van der Waals surface area contributed by atoms with Crippen LogP contribution in [0.5, 0.6) is 0 Å². The van der Waals surface area contributed by atoms with Crippen LogP contribution in [0.25, 0.3) is 0 Å². The van der Waals surface area contributed by atoms with Crippen molar-refractivity contribution in [3.63, 3.8) is 0 Å². The van der Waals surface area contributed by atoms with E-state index in [1.807, 2.05) is 0 Å². The Morgan fingerprint density at radius 2 is 1.10 bits per heavy atom. The van der Waals surface area contributed by atoms with Gasteiger partial charge in [0, 0.05) is 48.1 Å². The fraction of sp³-hybridized carbons (Fsp3) is 0.684. The van der Waals surface area contributed by atoms with Gasteiger partial charge in [-0.3, -0.25) is 28.8 Å². The zero-order chi connectivity index (χ0) is 24.3. The summed E-state index contributed by atoms with van der Waals surface area (Å²) in [6, 6.07) is 0. The van der Waals surface area contributed by atoms with E-state index in [-0.39, 0.29) is 6.54 Å². The molecule has 0 fully saturated rings. The molecule has 0 unspecified atom stereocenters.